The van der Waals surface area contributed by atoms with Crippen molar-refractivity contribution in [3.63, 3.8) is 0 Å². The highest BCUT2D eigenvalue weighted by molar-refractivity contribution is 6.06. The normalized spacial score (nSPS) is 10.8. The Hall–Kier alpha value is -2.62. The minimum Gasteiger partial charge on any atom is -0.340 e. The van der Waals surface area contributed by atoms with Crippen LogP contribution in [0.25, 0.3) is 10.9 Å². The highest BCUT2D eigenvalue weighted by atomic mass is 19.1. The highest BCUT2D eigenvalue weighted by Gasteiger charge is 2.13. The second-order valence-electron chi connectivity index (χ2n) is 5.11. The Labute approximate surface area is 122 Å². The standard InChI is InChI=1S/C17H15FN2O/c1-11-3-7-14(8-4-11)19-17(21)16-9-12-5-6-13(18)10-15(12)20(16)2/h3-10H,1-2H3,(H,19,21). The van der Waals surface area contributed by atoms with Crippen molar-refractivity contribution >= 4 is 22.5 Å². The summed E-state index contributed by atoms with van der Waals surface area (Å²) in [5, 5.41) is 3.69. The van der Waals surface area contributed by atoms with Gasteiger partial charge in [0.05, 0.1) is 5.52 Å². The number of hydrogen-bond acceptors (Lipinski definition) is 1. The third-order valence-electron chi connectivity index (χ3n) is 3.55. The third kappa shape index (κ3) is 2.52. The lowest BCUT2D eigenvalue weighted by Gasteiger charge is -2.07. The van der Waals surface area contributed by atoms with E-state index in [0.717, 1.165) is 16.6 Å². The number of amides is 1. The number of aryl methyl sites for hydroxylation is 2. The van der Waals surface area contributed by atoms with Gasteiger partial charge in [-0.25, -0.2) is 4.39 Å². The molecule has 0 aliphatic carbocycles. The van der Waals surface area contributed by atoms with Crippen molar-refractivity contribution in [3.05, 3.63) is 65.6 Å². The minimum absolute atomic E-state index is 0.210. The van der Waals surface area contributed by atoms with Crippen molar-refractivity contribution in [2.24, 2.45) is 7.05 Å². The van der Waals surface area contributed by atoms with Crippen LogP contribution in [0.3, 0.4) is 0 Å². The van der Waals surface area contributed by atoms with E-state index in [4.69, 9.17) is 0 Å². The number of rotatable bonds is 2. The molecule has 0 fully saturated rings. The summed E-state index contributed by atoms with van der Waals surface area (Å²) < 4.78 is 15.0. The quantitative estimate of drug-likeness (QED) is 0.760. The molecule has 106 valence electrons. The lowest BCUT2D eigenvalue weighted by molar-refractivity contribution is 0.101. The van der Waals surface area contributed by atoms with Crippen LogP contribution in [0.1, 0.15) is 16.1 Å². The molecule has 3 nitrogen and oxygen atoms in total. The maximum Gasteiger partial charge on any atom is 0.272 e. The fourth-order valence-electron chi connectivity index (χ4n) is 2.35. The van der Waals surface area contributed by atoms with Gasteiger partial charge in [0.2, 0.25) is 0 Å². The van der Waals surface area contributed by atoms with E-state index in [2.05, 4.69) is 5.32 Å². The summed E-state index contributed by atoms with van der Waals surface area (Å²) in [4.78, 5) is 12.3. The van der Waals surface area contributed by atoms with Crippen LogP contribution in [0.2, 0.25) is 0 Å². The number of carbonyl (C=O) groups is 1. The number of aromatic nitrogens is 1. The van der Waals surface area contributed by atoms with Crippen LogP contribution < -0.4 is 5.32 Å². The van der Waals surface area contributed by atoms with Crippen LogP contribution >= 0.6 is 0 Å². The fraction of sp³-hybridized carbons (Fsp3) is 0.118. The number of halogens is 1. The van der Waals surface area contributed by atoms with Crippen molar-refractivity contribution < 1.29 is 9.18 Å². The van der Waals surface area contributed by atoms with Crippen LogP contribution in [0.5, 0.6) is 0 Å². The van der Waals surface area contributed by atoms with Crippen LogP contribution in [-0.4, -0.2) is 10.5 Å². The predicted molar refractivity (Wildman–Crippen MR) is 82.0 cm³/mol. The van der Waals surface area contributed by atoms with Gasteiger partial charge in [-0.05, 0) is 43.3 Å². The van der Waals surface area contributed by atoms with Gasteiger partial charge >= 0.3 is 0 Å². The molecule has 0 aliphatic heterocycles. The van der Waals surface area contributed by atoms with Gasteiger partial charge in [-0.2, -0.15) is 0 Å². The molecule has 21 heavy (non-hydrogen) atoms. The summed E-state index contributed by atoms with van der Waals surface area (Å²) in [7, 11) is 1.76. The molecule has 2 aromatic carbocycles. The van der Waals surface area contributed by atoms with Gasteiger partial charge in [-0.1, -0.05) is 17.7 Å². The first-order valence-electron chi connectivity index (χ1n) is 6.67. The number of fused-ring (bicyclic) bond motifs is 1. The second kappa shape index (κ2) is 5.05. The Morgan fingerprint density at radius 2 is 1.81 bits per heavy atom. The van der Waals surface area contributed by atoms with E-state index in [1.807, 2.05) is 31.2 Å². The zero-order chi connectivity index (χ0) is 15.0. The summed E-state index contributed by atoms with van der Waals surface area (Å²) in [6.45, 7) is 1.99. The van der Waals surface area contributed by atoms with Crippen LogP contribution in [0, 0.1) is 12.7 Å². The zero-order valence-corrected chi connectivity index (χ0v) is 11.9. The molecule has 0 unspecified atom stereocenters. The number of anilines is 1. The number of carbonyl (C=O) groups excluding carboxylic acids is 1. The van der Waals surface area contributed by atoms with Crippen molar-refractivity contribution in [2.75, 3.05) is 5.32 Å². The Bertz CT molecular complexity index is 819. The Balaban J connectivity index is 1.94. The van der Waals surface area contributed by atoms with Crippen molar-refractivity contribution in [1.82, 2.24) is 4.57 Å². The van der Waals surface area contributed by atoms with E-state index in [1.54, 1.807) is 23.7 Å². The van der Waals surface area contributed by atoms with Gasteiger partial charge in [0.25, 0.3) is 5.91 Å². The molecule has 0 spiro atoms. The van der Waals surface area contributed by atoms with Gasteiger partial charge in [0.1, 0.15) is 11.5 Å². The molecule has 1 heterocycles. The molecular weight excluding hydrogens is 267 g/mol. The molecule has 1 N–H and O–H groups in total. The fourth-order valence-corrected chi connectivity index (χ4v) is 2.35. The smallest absolute Gasteiger partial charge is 0.272 e. The molecule has 0 aliphatic rings. The van der Waals surface area contributed by atoms with Crippen molar-refractivity contribution in [2.45, 2.75) is 6.92 Å². The summed E-state index contributed by atoms with van der Waals surface area (Å²) in [5.41, 5.74) is 3.07. The number of benzene rings is 2. The molecule has 0 saturated heterocycles. The van der Waals surface area contributed by atoms with E-state index in [0.29, 0.717) is 11.2 Å². The maximum absolute atomic E-state index is 13.3. The van der Waals surface area contributed by atoms with E-state index >= 15 is 0 Å². The third-order valence-corrected chi connectivity index (χ3v) is 3.55. The molecule has 1 amide bonds. The van der Waals surface area contributed by atoms with Gasteiger partial charge in [0.15, 0.2) is 0 Å². The summed E-state index contributed by atoms with van der Waals surface area (Å²) in [6, 6.07) is 13.8. The highest BCUT2D eigenvalue weighted by Crippen LogP contribution is 2.21. The average molecular weight is 282 g/mol. The van der Waals surface area contributed by atoms with E-state index in [1.165, 1.54) is 12.1 Å². The zero-order valence-electron chi connectivity index (χ0n) is 11.9. The molecule has 3 aromatic rings. The largest absolute Gasteiger partial charge is 0.340 e. The maximum atomic E-state index is 13.3. The Morgan fingerprint density at radius 3 is 2.52 bits per heavy atom. The van der Waals surface area contributed by atoms with Gasteiger partial charge in [0, 0.05) is 18.1 Å². The van der Waals surface area contributed by atoms with Crippen LogP contribution in [-0.2, 0) is 7.05 Å². The average Bonchev–Trinajstić information content (AvgIpc) is 2.79. The van der Waals surface area contributed by atoms with Crippen LogP contribution in [0.4, 0.5) is 10.1 Å². The van der Waals surface area contributed by atoms with Crippen molar-refractivity contribution in [3.8, 4) is 0 Å². The van der Waals surface area contributed by atoms with E-state index < -0.39 is 0 Å². The second-order valence-corrected chi connectivity index (χ2v) is 5.11. The first-order valence-corrected chi connectivity index (χ1v) is 6.67. The molecule has 0 saturated carbocycles. The number of nitrogens with one attached hydrogen (secondary N) is 1. The van der Waals surface area contributed by atoms with Crippen molar-refractivity contribution in [1.29, 1.82) is 0 Å². The number of nitrogens with zero attached hydrogens (tertiary/aromatic N) is 1. The molecule has 0 atom stereocenters. The summed E-state index contributed by atoms with van der Waals surface area (Å²) >= 11 is 0. The molecule has 4 heteroatoms. The van der Waals surface area contributed by atoms with Crippen LogP contribution in [0.15, 0.2) is 48.5 Å². The molecule has 3 rings (SSSR count). The lowest BCUT2D eigenvalue weighted by atomic mass is 10.2. The topological polar surface area (TPSA) is 34.0 Å². The molecule has 1 aromatic heterocycles. The summed E-state index contributed by atoms with van der Waals surface area (Å²) in [5.74, 6) is -0.521. The molecule has 0 bridgehead atoms. The Morgan fingerprint density at radius 1 is 1.10 bits per heavy atom. The first kappa shape index (κ1) is 13.4. The predicted octanol–water partition coefficient (Wildman–Crippen LogP) is 3.88. The lowest BCUT2D eigenvalue weighted by Crippen LogP contribution is -2.15. The minimum atomic E-state index is -0.311. The first-order chi connectivity index (χ1) is 10.0. The number of hydrogen-bond donors (Lipinski definition) is 1. The van der Waals surface area contributed by atoms with Gasteiger partial charge in [-0.15, -0.1) is 0 Å². The monoisotopic (exact) mass is 282 g/mol. The molecular formula is C17H15FN2O. The van der Waals surface area contributed by atoms with E-state index in [-0.39, 0.29) is 11.7 Å². The van der Waals surface area contributed by atoms with E-state index in [9.17, 15) is 9.18 Å². The Kier molecular flexibility index (Phi) is 3.22. The van der Waals surface area contributed by atoms with Gasteiger partial charge < -0.3 is 9.88 Å². The summed E-state index contributed by atoms with van der Waals surface area (Å²) in [6.07, 6.45) is 0. The molecule has 0 radical (unpaired) electrons. The SMILES string of the molecule is Cc1ccc(NC(=O)c2cc3ccc(F)cc3n2C)cc1. The van der Waals surface area contributed by atoms with Gasteiger partial charge in [-0.3, -0.25) is 4.79 Å².